The summed E-state index contributed by atoms with van der Waals surface area (Å²) in [4.78, 5) is 33.4. The Labute approximate surface area is 136 Å². The minimum atomic E-state index is -0.377. The summed E-state index contributed by atoms with van der Waals surface area (Å²) in [6.07, 6.45) is 0.151. The van der Waals surface area contributed by atoms with Gasteiger partial charge in [-0.1, -0.05) is 13.8 Å². The summed E-state index contributed by atoms with van der Waals surface area (Å²) in [7, 11) is 0. The second-order valence-corrected chi connectivity index (χ2v) is 5.09. The number of nitrogens with two attached hydrogens (primary N) is 1. The van der Waals surface area contributed by atoms with E-state index in [4.69, 9.17) is 15.3 Å². The first-order valence-corrected chi connectivity index (χ1v) is 7.66. The number of rotatable bonds is 13. The summed E-state index contributed by atoms with van der Waals surface area (Å²) in [6.45, 7) is 6.12. The summed E-state index contributed by atoms with van der Waals surface area (Å²) in [5.41, 5.74) is 1.96. The highest BCUT2D eigenvalue weighted by molar-refractivity contribution is 5.83. The van der Waals surface area contributed by atoms with E-state index < -0.39 is 0 Å². The molecule has 0 atom stereocenters. The third-order valence-corrected chi connectivity index (χ3v) is 2.75. The van der Waals surface area contributed by atoms with Gasteiger partial charge in [0.25, 0.3) is 0 Å². The minimum absolute atomic E-state index is 0.00420. The summed E-state index contributed by atoms with van der Waals surface area (Å²) < 4.78 is 10.6. The molecule has 0 aromatic carbocycles. The number of hydrogen-bond donors (Lipinski definition) is 4. The Balaban J connectivity index is 3.29. The van der Waals surface area contributed by atoms with Gasteiger partial charge in [-0.25, -0.2) is 5.84 Å². The number of amides is 3. The molecule has 0 aliphatic heterocycles. The number of nitrogens with one attached hydrogen (secondary N) is 3. The predicted octanol–water partition coefficient (Wildman–Crippen LogP) is -1.32. The fraction of sp³-hybridized carbons (Fsp3) is 0.786. The Kier molecular flexibility index (Phi) is 12.9. The summed E-state index contributed by atoms with van der Waals surface area (Å²) in [5, 5.41) is 5.36. The molecule has 5 N–H and O–H groups in total. The zero-order valence-corrected chi connectivity index (χ0v) is 13.9. The standard InChI is InChI=1S/C14H28N4O5/c1-11(2)14(21)17-6-8-23-10-9-22-7-5-16-12(19)3-4-13(20)18-15/h11H,3-10,15H2,1-2H3,(H,16,19)(H,17,21)(H,18,20). The van der Waals surface area contributed by atoms with Crippen molar-refractivity contribution in [1.82, 2.24) is 16.1 Å². The Morgan fingerprint density at radius 1 is 0.870 bits per heavy atom. The molecule has 0 heterocycles. The molecule has 9 nitrogen and oxygen atoms in total. The van der Waals surface area contributed by atoms with Crippen molar-refractivity contribution < 1.29 is 23.9 Å². The number of carbonyl (C=O) groups excluding carboxylic acids is 3. The number of carbonyl (C=O) groups is 3. The average molecular weight is 332 g/mol. The van der Waals surface area contributed by atoms with Crippen LogP contribution in [-0.4, -0.2) is 57.2 Å². The zero-order valence-electron chi connectivity index (χ0n) is 13.9. The maximum atomic E-state index is 11.3. The molecule has 0 spiro atoms. The largest absolute Gasteiger partial charge is 0.377 e. The van der Waals surface area contributed by atoms with Crippen LogP contribution < -0.4 is 21.9 Å². The Hall–Kier alpha value is -1.71. The van der Waals surface area contributed by atoms with Crippen LogP contribution in [0.25, 0.3) is 0 Å². The van der Waals surface area contributed by atoms with E-state index in [9.17, 15) is 14.4 Å². The number of ether oxygens (including phenoxy) is 2. The van der Waals surface area contributed by atoms with Gasteiger partial charge in [-0.05, 0) is 0 Å². The van der Waals surface area contributed by atoms with Crippen LogP contribution in [0.3, 0.4) is 0 Å². The van der Waals surface area contributed by atoms with Gasteiger partial charge in [0.05, 0.1) is 26.4 Å². The highest BCUT2D eigenvalue weighted by atomic mass is 16.5. The summed E-state index contributed by atoms with van der Waals surface area (Å²) >= 11 is 0. The first-order chi connectivity index (χ1) is 11.0. The van der Waals surface area contributed by atoms with Crippen LogP contribution in [-0.2, 0) is 23.9 Å². The topological polar surface area (TPSA) is 132 Å². The molecule has 0 unspecified atom stereocenters. The fourth-order valence-electron chi connectivity index (χ4n) is 1.42. The van der Waals surface area contributed by atoms with Crippen molar-refractivity contribution in [1.29, 1.82) is 0 Å². The Morgan fingerprint density at radius 3 is 1.91 bits per heavy atom. The first-order valence-electron chi connectivity index (χ1n) is 7.66. The zero-order chi connectivity index (χ0) is 17.5. The molecule has 0 aliphatic carbocycles. The van der Waals surface area contributed by atoms with Crippen LogP contribution in [0.4, 0.5) is 0 Å². The molecule has 134 valence electrons. The van der Waals surface area contributed by atoms with E-state index in [1.165, 1.54) is 0 Å². The highest BCUT2D eigenvalue weighted by Gasteiger charge is 2.05. The normalized spacial score (nSPS) is 10.4. The SMILES string of the molecule is CC(C)C(=O)NCCOCCOCCNC(=O)CCC(=O)NN. The van der Waals surface area contributed by atoms with Crippen LogP contribution in [0.5, 0.6) is 0 Å². The Morgan fingerprint density at radius 2 is 1.39 bits per heavy atom. The molecule has 0 aliphatic rings. The summed E-state index contributed by atoms with van der Waals surface area (Å²) in [5.74, 6) is 4.27. The van der Waals surface area contributed by atoms with Gasteiger partial charge >= 0.3 is 0 Å². The van der Waals surface area contributed by atoms with E-state index >= 15 is 0 Å². The molecule has 0 aromatic rings. The smallest absolute Gasteiger partial charge is 0.234 e. The molecule has 0 bridgehead atoms. The van der Waals surface area contributed by atoms with Gasteiger partial charge < -0.3 is 20.1 Å². The van der Waals surface area contributed by atoms with Gasteiger partial charge in [-0.2, -0.15) is 0 Å². The van der Waals surface area contributed by atoms with E-state index in [-0.39, 0.29) is 36.5 Å². The van der Waals surface area contributed by atoms with Gasteiger partial charge in [0.2, 0.25) is 17.7 Å². The van der Waals surface area contributed by atoms with Crippen LogP contribution in [0, 0.1) is 5.92 Å². The lowest BCUT2D eigenvalue weighted by Gasteiger charge is -2.09. The van der Waals surface area contributed by atoms with E-state index in [0.29, 0.717) is 39.5 Å². The van der Waals surface area contributed by atoms with Crippen molar-refractivity contribution in [3.63, 3.8) is 0 Å². The molecule has 0 rings (SSSR count). The molecule has 0 fully saturated rings. The van der Waals surface area contributed by atoms with Crippen molar-refractivity contribution in [2.45, 2.75) is 26.7 Å². The van der Waals surface area contributed by atoms with Gasteiger partial charge in [0, 0.05) is 31.8 Å². The fourth-order valence-corrected chi connectivity index (χ4v) is 1.42. The minimum Gasteiger partial charge on any atom is -0.377 e. The Bertz CT molecular complexity index is 363. The molecular formula is C14H28N4O5. The van der Waals surface area contributed by atoms with Crippen LogP contribution in [0.15, 0.2) is 0 Å². The molecule has 3 amide bonds. The quantitative estimate of drug-likeness (QED) is 0.143. The number of hydrogen-bond acceptors (Lipinski definition) is 6. The second-order valence-electron chi connectivity index (χ2n) is 5.09. The van der Waals surface area contributed by atoms with Gasteiger partial charge in [0.15, 0.2) is 0 Å². The molecule has 0 radical (unpaired) electrons. The van der Waals surface area contributed by atoms with Gasteiger partial charge in [-0.3, -0.25) is 19.8 Å². The van der Waals surface area contributed by atoms with E-state index in [1.54, 1.807) is 0 Å². The lowest BCUT2D eigenvalue weighted by molar-refractivity contribution is -0.126. The molecule has 0 saturated carbocycles. The third kappa shape index (κ3) is 13.7. The van der Waals surface area contributed by atoms with Crippen molar-refractivity contribution >= 4 is 17.7 Å². The van der Waals surface area contributed by atoms with E-state index in [0.717, 1.165) is 0 Å². The van der Waals surface area contributed by atoms with Crippen molar-refractivity contribution in [2.24, 2.45) is 11.8 Å². The predicted molar refractivity (Wildman–Crippen MR) is 84.1 cm³/mol. The van der Waals surface area contributed by atoms with Gasteiger partial charge in [-0.15, -0.1) is 0 Å². The summed E-state index contributed by atoms with van der Waals surface area (Å²) in [6, 6.07) is 0. The first kappa shape index (κ1) is 21.3. The van der Waals surface area contributed by atoms with Crippen molar-refractivity contribution in [2.75, 3.05) is 39.5 Å². The third-order valence-electron chi connectivity index (χ3n) is 2.75. The number of hydrazine groups is 1. The van der Waals surface area contributed by atoms with E-state index in [2.05, 4.69) is 10.6 Å². The second kappa shape index (κ2) is 13.9. The lowest BCUT2D eigenvalue weighted by Crippen LogP contribution is -2.32. The van der Waals surface area contributed by atoms with Crippen molar-refractivity contribution in [3.8, 4) is 0 Å². The van der Waals surface area contributed by atoms with Crippen molar-refractivity contribution in [3.05, 3.63) is 0 Å². The average Bonchev–Trinajstić information content (AvgIpc) is 2.53. The monoisotopic (exact) mass is 332 g/mol. The highest BCUT2D eigenvalue weighted by Crippen LogP contribution is 1.90. The molecule has 0 saturated heterocycles. The lowest BCUT2D eigenvalue weighted by atomic mass is 10.2. The maximum absolute atomic E-state index is 11.3. The van der Waals surface area contributed by atoms with Crippen LogP contribution in [0.2, 0.25) is 0 Å². The molecule has 0 aromatic heterocycles. The van der Waals surface area contributed by atoms with E-state index in [1.807, 2.05) is 19.3 Å². The van der Waals surface area contributed by atoms with Gasteiger partial charge in [0.1, 0.15) is 0 Å². The molecule has 23 heavy (non-hydrogen) atoms. The molecule has 9 heteroatoms. The maximum Gasteiger partial charge on any atom is 0.234 e. The van der Waals surface area contributed by atoms with Crippen LogP contribution >= 0.6 is 0 Å². The van der Waals surface area contributed by atoms with Crippen LogP contribution in [0.1, 0.15) is 26.7 Å². The molecular weight excluding hydrogens is 304 g/mol.